The zero-order valence-electron chi connectivity index (χ0n) is 15.5. The summed E-state index contributed by atoms with van der Waals surface area (Å²) in [6.45, 7) is 4.64. The van der Waals surface area contributed by atoms with Crippen LogP contribution in [-0.2, 0) is 19.4 Å². The summed E-state index contributed by atoms with van der Waals surface area (Å²) < 4.78 is 0. The van der Waals surface area contributed by atoms with Gasteiger partial charge in [0.1, 0.15) is 0 Å². The molecule has 1 aliphatic heterocycles. The molecule has 1 N–H and O–H groups in total. The lowest BCUT2D eigenvalue weighted by Crippen LogP contribution is -2.34. The molecule has 0 radical (unpaired) electrons. The second-order valence-corrected chi connectivity index (χ2v) is 7.77. The first-order valence-electron chi connectivity index (χ1n) is 9.17. The Bertz CT molecular complexity index is 598. The highest BCUT2D eigenvalue weighted by atomic mass is 35.5. The second kappa shape index (κ2) is 12.7. The topological polar surface area (TPSA) is 28.2 Å². The molecule has 1 saturated heterocycles. The fourth-order valence-corrected chi connectivity index (χ4v) is 4.23. The fourth-order valence-electron chi connectivity index (χ4n) is 3.44. The van der Waals surface area contributed by atoms with Gasteiger partial charge < -0.3 is 5.32 Å². The quantitative estimate of drug-likeness (QED) is 0.682. The normalized spacial score (nSPS) is 15.3. The average molecular weight is 416 g/mol. The molecule has 1 aromatic heterocycles. The van der Waals surface area contributed by atoms with Gasteiger partial charge in [-0.1, -0.05) is 30.3 Å². The number of piperidine rings is 1. The maximum absolute atomic E-state index is 4.85. The van der Waals surface area contributed by atoms with Gasteiger partial charge in [-0.3, -0.25) is 4.90 Å². The molecule has 1 fully saturated rings. The predicted octanol–water partition coefficient (Wildman–Crippen LogP) is 4.59. The average Bonchev–Trinajstić information content (AvgIpc) is 3.08. The summed E-state index contributed by atoms with van der Waals surface area (Å²) in [4.78, 5) is 7.43. The molecule has 1 aliphatic rings. The van der Waals surface area contributed by atoms with Crippen LogP contribution in [0.15, 0.2) is 35.7 Å². The van der Waals surface area contributed by atoms with Crippen LogP contribution in [0.5, 0.6) is 0 Å². The Morgan fingerprint density at radius 1 is 1.12 bits per heavy atom. The van der Waals surface area contributed by atoms with Gasteiger partial charge in [-0.15, -0.1) is 36.2 Å². The van der Waals surface area contributed by atoms with E-state index in [1.54, 1.807) is 0 Å². The van der Waals surface area contributed by atoms with E-state index in [1.807, 2.05) is 18.4 Å². The fraction of sp³-hybridized carbons (Fsp3) is 0.550. The molecule has 2 heterocycles. The number of rotatable bonds is 8. The summed E-state index contributed by atoms with van der Waals surface area (Å²) in [5.74, 6) is 0.908. The van der Waals surface area contributed by atoms with Crippen molar-refractivity contribution in [3.8, 4) is 0 Å². The van der Waals surface area contributed by atoms with Gasteiger partial charge in [-0.25, -0.2) is 4.98 Å². The molecule has 0 bridgehead atoms. The summed E-state index contributed by atoms with van der Waals surface area (Å²) in [5, 5.41) is 6.80. The number of hydrogen-bond acceptors (Lipinski definition) is 4. The third kappa shape index (κ3) is 7.53. The molecule has 0 atom stereocenters. The zero-order valence-corrected chi connectivity index (χ0v) is 18.0. The molecule has 0 unspecified atom stereocenters. The van der Waals surface area contributed by atoms with Gasteiger partial charge in [0.05, 0.1) is 10.7 Å². The second-order valence-electron chi connectivity index (χ2n) is 6.83. The van der Waals surface area contributed by atoms with E-state index < -0.39 is 0 Å². The van der Waals surface area contributed by atoms with Crippen molar-refractivity contribution < 1.29 is 0 Å². The molecule has 6 heteroatoms. The van der Waals surface area contributed by atoms with Gasteiger partial charge in [-0.2, -0.15) is 0 Å². The lowest BCUT2D eigenvalue weighted by atomic mass is 9.93. The van der Waals surface area contributed by atoms with Crippen molar-refractivity contribution in [3.63, 3.8) is 0 Å². The van der Waals surface area contributed by atoms with Crippen molar-refractivity contribution in [1.82, 2.24) is 15.2 Å². The Morgan fingerprint density at radius 3 is 2.54 bits per heavy atom. The lowest BCUT2D eigenvalue weighted by molar-refractivity contribution is 0.171. The number of likely N-dealkylation sites (tertiary alicyclic amines) is 1. The predicted molar refractivity (Wildman–Crippen MR) is 117 cm³/mol. The monoisotopic (exact) mass is 415 g/mol. The maximum atomic E-state index is 4.85. The van der Waals surface area contributed by atoms with Crippen molar-refractivity contribution in [1.29, 1.82) is 0 Å². The molecule has 0 saturated carbocycles. The molecule has 2 aromatic rings. The number of nitrogens with one attached hydrogen (secondary N) is 1. The molecule has 3 rings (SSSR count). The highest BCUT2D eigenvalue weighted by Gasteiger charge is 2.19. The number of aryl methyl sites for hydroxylation is 2. The Morgan fingerprint density at radius 2 is 1.85 bits per heavy atom. The minimum atomic E-state index is 0. The highest BCUT2D eigenvalue weighted by molar-refractivity contribution is 7.09. The molecule has 1 aromatic carbocycles. The molecular formula is C20H31Cl2N3S. The minimum Gasteiger partial charge on any atom is -0.320 e. The van der Waals surface area contributed by atoms with Gasteiger partial charge >= 0.3 is 0 Å². The summed E-state index contributed by atoms with van der Waals surface area (Å²) in [6, 6.07) is 10.7. The van der Waals surface area contributed by atoms with E-state index in [1.165, 1.54) is 48.6 Å². The minimum absolute atomic E-state index is 0. The van der Waals surface area contributed by atoms with Gasteiger partial charge in [0, 0.05) is 18.3 Å². The summed E-state index contributed by atoms with van der Waals surface area (Å²) in [6.07, 6.45) is 6.15. The molecule has 0 spiro atoms. The van der Waals surface area contributed by atoms with E-state index in [0.717, 1.165) is 31.8 Å². The maximum Gasteiger partial charge on any atom is 0.0932 e. The number of thiazole rings is 1. The van der Waals surface area contributed by atoms with Gasteiger partial charge in [0.15, 0.2) is 0 Å². The van der Waals surface area contributed by atoms with E-state index in [-0.39, 0.29) is 24.8 Å². The van der Waals surface area contributed by atoms with Crippen LogP contribution in [0.2, 0.25) is 0 Å². The number of aromatic nitrogens is 1. The van der Waals surface area contributed by atoms with Crippen LogP contribution < -0.4 is 5.32 Å². The number of nitrogens with zero attached hydrogens (tertiary/aromatic N) is 2. The van der Waals surface area contributed by atoms with Crippen molar-refractivity contribution in [3.05, 3.63) is 52.0 Å². The molecular weight excluding hydrogens is 385 g/mol. The first-order valence-corrected chi connectivity index (χ1v) is 10.1. The van der Waals surface area contributed by atoms with Crippen LogP contribution in [0.25, 0.3) is 0 Å². The van der Waals surface area contributed by atoms with Crippen molar-refractivity contribution in [2.75, 3.05) is 26.7 Å². The van der Waals surface area contributed by atoms with E-state index >= 15 is 0 Å². The largest absolute Gasteiger partial charge is 0.320 e. The van der Waals surface area contributed by atoms with Crippen molar-refractivity contribution in [2.24, 2.45) is 5.92 Å². The number of hydrogen-bond donors (Lipinski definition) is 1. The van der Waals surface area contributed by atoms with Gasteiger partial charge in [-0.05, 0) is 63.8 Å². The Balaban J connectivity index is 0.00000169. The van der Waals surface area contributed by atoms with E-state index in [9.17, 15) is 0 Å². The van der Waals surface area contributed by atoms with Crippen molar-refractivity contribution >= 4 is 36.2 Å². The third-order valence-corrected chi connectivity index (χ3v) is 5.92. The zero-order chi connectivity index (χ0) is 16.6. The van der Waals surface area contributed by atoms with E-state index in [2.05, 4.69) is 45.9 Å². The highest BCUT2D eigenvalue weighted by Crippen LogP contribution is 2.22. The van der Waals surface area contributed by atoms with Crippen LogP contribution in [-0.4, -0.2) is 36.6 Å². The Hall–Kier alpha value is -0.650. The Labute approximate surface area is 174 Å². The first-order chi connectivity index (χ1) is 11.8. The van der Waals surface area contributed by atoms with Crippen LogP contribution in [0.4, 0.5) is 0 Å². The van der Waals surface area contributed by atoms with Crippen LogP contribution in [0.3, 0.4) is 0 Å². The summed E-state index contributed by atoms with van der Waals surface area (Å²) in [7, 11) is 2.05. The lowest BCUT2D eigenvalue weighted by Gasteiger charge is -2.31. The molecule has 0 aliphatic carbocycles. The van der Waals surface area contributed by atoms with Gasteiger partial charge in [0.25, 0.3) is 0 Å². The third-order valence-electron chi connectivity index (χ3n) is 4.97. The first kappa shape index (κ1) is 23.4. The molecule has 146 valence electrons. The van der Waals surface area contributed by atoms with Crippen LogP contribution in [0.1, 0.15) is 35.5 Å². The van der Waals surface area contributed by atoms with Crippen LogP contribution in [0, 0.1) is 5.92 Å². The molecule has 3 nitrogen and oxygen atoms in total. The van der Waals surface area contributed by atoms with E-state index in [0.29, 0.717) is 0 Å². The molecule has 26 heavy (non-hydrogen) atoms. The van der Waals surface area contributed by atoms with E-state index in [4.69, 9.17) is 4.98 Å². The standard InChI is InChI=1S/C20H29N3S.2ClH/c1-21-12-9-18-10-13-23(14-11-18)15-19-16-24-20(22-19)8-7-17-5-3-2-4-6-17;;/h2-6,16,18,21H,7-15H2,1H3;2*1H. The number of benzene rings is 1. The summed E-state index contributed by atoms with van der Waals surface area (Å²) >= 11 is 1.82. The smallest absolute Gasteiger partial charge is 0.0932 e. The van der Waals surface area contributed by atoms with Crippen LogP contribution >= 0.6 is 36.2 Å². The number of halogens is 2. The van der Waals surface area contributed by atoms with Gasteiger partial charge in [0.2, 0.25) is 0 Å². The SMILES string of the molecule is CNCCC1CCN(Cc2csc(CCc3ccccc3)n2)CC1.Cl.Cl. The molecule has 0 amide bonds. The Kier molecular flexibility index (Phi) is 11.4. The van der Waals surface area contributed by atoms with Crippen molar-refractivity contribution in [2.45, 2.75) is 38.6 Å². The summed E-state index contributed by atoms with van der Waals surface area (Å²) in [5.41, 5.74) is 2.66.